The summed E-state index contributed by atoms with van der Waals surface area (Å²) in [6.07, 6.45) is 10.6. The van der Waals surface area contributed by atoms with Crippen molar-refractivity contribution in [3.05, 3.63) is 72.4 Å². The van der Waals surface area contributed by atoms with E-state index in [4.69, 9.17) is 11.4 Å². The molecule has 0 aliphatic carbocycles. The molecular weight excluding hydrogens is 374 g/mol. The first kappa shape index (κ1) is 17.8. The van der Waals surface area contributed by atoms with Crippen molar-refractivity contribution in [1.82, 2.24) is 29.9 Å². The third-order valence-corrected chi connectivity index (χ3v) is 4.98. The first-order valence-corrected chi connectivity index (χ1v) is 9.47. The third-order valence-electron chi connectivity index (χ3n) is 4.98. The molecule has 4 aromatic heterocycles. The number of nitrogens with one attached hydrogen (secondary N) is 2. The van der Waals surface area contributed by atoms with E-state index in [1.165, 1.54) is 6.33 Å². The maximum atomic E-state index is 5.71. The van der Waals surface area contributed by atoms with Crippen molar-refractivity contribution >= 4 is 27.9 Å². The molecule has 0 bridgehead atoms. The largest absolute Gasteiger partial charge is 0.362 e. The van der Waals surface area contributed by atoms with Crippen LogP contribution in [-0.2, 0) is 0 Å². The lowest BCUT2D eigenvalue weighted by Gasteiger charge is -2.19. The monoisotopic (exact) mass is 391 g/mol. The number of aromatic nitrogens is 6. The van der Waals surface area contributed by atoms with Crippen molar-refractivity contribution in [3.63, 3.8) is 0 Å². The number of aromatic amines is 1. The van der Waals surface area contributed by atoms with Gasteiger partial charge in [0.15, 0.2) is 11.5 Å². The van der Waals surface area contributed by atoms with Crippen LogP contribution in [0.2, 0.25) is 0 Å². The zero-order chi connectivity index (χ0) is 20.5. The summed E-state index contributed by atoms with van der Waals surface area (Å²) in [4.78, 5) is 25.3. The van der Waals surface area contributed by atoms with E-state index in [9.17, 15) is 0 Å². The van der Waals surface area contributed by atoms with Gasteiger partial charge >= 0.3 is 0 Å². The molecule has 4 heterocycles. The van der Waals surface area contributed by atoms with Crippen LogP contribution in [0.15, 0.2) is 61.3 Å². The fourth-order valence-electron chi connectivity index (χ4n) is 3.53. The lowest BCUT2D eigenvalue weighted by atomic mass is 9.99. The predicted octanol–water partition coefficient (Wildman–Crippen LogP) is 4.12. The molecule has 144 valence electrons. The van der Waals surface area contributed by atoms with Crippen molar-refractivity contribution in [2.75, 3.05) is 5.32 Å². The number of benzene rings is 1. The van der Waals surface area contributed by atoms with Gasteiger partial charge in [-0.25, -0.2) is 19.9 Å². The molecule has 7 nitrogen and oxygen atoms in total. The number of anilines is 1. The quantitative estimate of drug-likeness (QED) is 0.448. The van der Waals surface area contributed by atoms with Gasteiger partial charge in [0.2, 0.25) is 0 Å². The van der Waals surface area contributed by atoms with E-state index in [-0.39, 0.29) is 6.04 Å². The minimum absolute atomic E-state index is 0.116. The van der Waals surface area contributed by atoms with Crippen LogP contribution in [0.25, 0.3) is 33.5 Å². The Bertz CT molecular complexity index is 1400. The molecule has 7 heteroatoms. The Balaban J connectivity index is 1.67. The van der Waals surface area contributed by atoms with Gasteiger partial charge in [-0.05, 0) is 31.2 Å². The van der Waals surface area contributed by atoms with Crippen LogP contribution in [0.1, 0.15) is 24.1 Å². The maximum Gasteiger partial charge on any atom is 0.182 e. The highest BCUT2D eigenvalue weighted by molar-refractivity contribution is 5.88. The van der Waals surface area contributed by atoms with E-state index in [1.807, 2.05) is 36.4 Å². The van der Waals surface area contributed by atoms with Crippen LogP contribution in [-0.4, -0.2) is 29.9 Å². The van der Waals surface area contributed by atoms with Crippen LogP contribution < -0.4 is 5.32 Å². The standard InChI is InChI=1S/C23H17N7/c1-3-15-7-6-8-16-11-17(20(30-19(15)16)18-9-4-5-10-24-18)14(2)29-23-21-22(26-12-25-21)27-13-28-23/h1,4-14H,2H3,(H2,25,26,27,28,29)/t14-/m0/s1. The first-order valence-electron chi connectivity index (χ1n) is 9.47. The van der Waals surface area contributed by atoms with E-state index in [1.54, 1.807) is 12.5 Å². The minimum atomic E-state index is -0.116. The summed E-state index contributed by atoms with van der Waals surface area (Å²) in [5.41, 5.74) is 5.46. The van der Waals surface area contributed by atoms with Crippen molar-refractivity contribution in [2.45, 2.75) is 13.0 Å². The minimum Gasteiger partial charge on any atom is -0.362 e. The van der Waals surface area contributed by atoms with Crippen LogP contribution in [0.4, 0.5) is 5.82 Å². The molecule has 0 fully saturated rings. The van der Waals surface area contributed by atoms with Crippen LogP contribution in [0, 0.1) is 12.3 Å². The van der Waals surface area contributed by atoms with Gasteiger partial charge < -0.3 is 10.3 Å². The molecule has 0 aliphatic rings. The zero-order valence-corrected chi connectivity index (χ0v) is 16.2. The van der Waals surface area contributed by atoms with E-state index < -0.39 is 0 Å². The molecule has 1 atom stereocenters. The Morgan fingerprint density at radius 2 is 2.00 bits per heavy atom. The molecule has 1 aromatic carbocycles. The summed E-state index contributed by atoms with van der Waals surface area (Å²) in [6, 6.07) is 13.6. The summed E-state index contributed by atoms with van der Waals surface area (Å²) in [5.74, 6) is 3.40. The van der Waals surface area contributed by atoms with Gasteiger partial charge in [-0.15, -0.1) is 6.42 Å². The Hall–Kier alpha value is -4.31. The second-order valence-corrected chi connectivity index (χ2v) is 6.85. The Kier molecular flexibility index (Phi) is 4.30. The number of pyridine rings is 2. The average molecular weight is 391 g/mol. The van der Waals surface area contributed by atoms with Gasteiger partial charge in [0.1, 0.15) is 11.8 Å². The molecule has 0 spiro atoms. The van der Waals surface area contributed by atoms with Gasteiger partial charge in [0.25, 0.3) is 0 Å². The van der Waals surface area contributed by atoms with Crippen molar-refractivity contribution in [3.8, 4) is 23.7 Å². The highest BCUT2D eigenvalue weighted by Gasteiger charge is 2.18. The Morgan fingerprint density at radius 1 is 1.07 bits per heavy atom. The molecule has 0 saturated carbocycles. The van der Waals surface area contributed by atoms with E-state index in [0.717, 1.165) is 38.9 Å². The van der Waals surface area contributed by atoms with E-state index in [2.05, 4.69) is 49.1 Å². The van der Waals surface area contributed by atoms with Crippen LogP contribution >= 0.6 is 0 Å². The van der Waals surface area contributed by atoms with Crippen LogP contribution in [0.5, 0.6) is 0 Å². The second kappa shape index (κ2) is 7.26. The molecule has 2 N–H and O–H groups in total. The summed E-state index contributed by atoms with van der Waals surface area (Å²) < 4.78 is 0. The number of imidazole rings is 1. The van der Waals surface area contributed by atoms with Crippen molar-refractivity contribution in [2.24, 2.45) is 0 Å². The summed E-state index contributed by atoms with van der Waals surface area (Å²) in [7, 11) is 0. The SMILES string of the molecule is C#Cc1cccc2cc([C@H](C)Nc3ncnc4nc[nH]c34)c(-c3ccccn3)nc12. The molecule has 5 aromatic rings. The normalized spacial score (nSPS) is 12.0. The molecule has 0 saturated heterocycles. The smallest absolute Gasteiger partial charge is 0.182 e. The molecule has 5 rings (SSSR count). The summed E-state index contributed by atoms with van der Waals surface area (Å²) in [5, 5.41) is 4.44. The first-order chi connectivity index (χ1) is 14.7. The van der Waals surface area contributed by atoms with Crippen molar-refractivity contribution < 1.29 is 0 Å². The lowest BCUT2D eigenvalue weighted by molar-refractivity contribution is 0.872. The average Bonchev–Trinajstić information content (AvgIpc) is 3.28. The molecule has 0 aliphatic heterocycles. The topological polar surface area (TPSA) is 92.3 Å². The number of para-hydroxylation sites is 1. The zero-order valence-electron chi connectivity index (χ0n) is 16.2. The fraction of sp³-hybridized carbons (Fsp3) is 0.0870. The highest BCUT2D eigenvalue weighted by atomic mass is 15.1. The molecule has 30 heavy (non-hydrogen) atoms. The Morgan fingerprint density at radius 3 is 2.83 bits per heavy atom. The third kappa shape index (κ3) is 3.01. The number of hydrogen-bond donors (Lipinski definition) is 2. The lowest BCUT2D eigenvalue weighted by Crippen LogP contribution is -2.11. The van der Waals surface area contributed by atoms with Crippen molar-refractivity contribution in [1.29, 1.82) is 0 Å². The number of rotatable bonds is 4. The number of terminal acetylenes is 1. The number of hydrogen-bond acceptors (Lipinski definition) is 6. The number of fused-ring (bicyclic) bond motifs is 2. The molecule has 0 amide bonds. The molecule has 0 unspecified atom stereocenters. The predicted molar refractivity (Wildman–Crippen MR) is 117 cm³/mol. The number of nitrogens with zero attached hydrogens (tertiary/aromatic N) is 5. The van der Waals surface area contributed by atoms with E-state index >= 15 is 0 Å². The van der Waals surface area contributed by atoms with E-state index in [0.29, 0.717) is 11.5 Å². The second-order valence-electron chi connectivity index (χ2n) is 6.85. The Labute approximate surface area is 172 Å². The maximum absolute atomic E-state index is 5.71. The van der Waals surface area contributed by atoms with Crippen LogP contribution in [0.3, 0.4) is 0 Å². The van der Waals surface area contributed by atoms with Gasteiger partial charge in [-0.1, -0.05) is 24.1 Å². The van der Waals surface area contributed by atoms with Gasteiger partial charge in [-0.2, -0.15) is 0 Å². The number of H-pyrrole nitrogens is 1. The molecular formula is C23H17N7. The highest BCUT2D eigenvalue weighted by Crippen LogP contribution is 2.32. The van der Waals surface area contributed by atoms with Gasteiger partial charge in [-0.3, -0.25) is 4.98 Å². The van der Waals surface area contributed by atoms with Gasteiger partial charge in [0.05, 0.1) is 34.8 Å². The summed E-state index contributed by atoms with van der Waals surface area (Å²) >= 11 is 0. The molecule has 0 radical (unpaired) electrons. The van der Waals surface area contributed by atoms with Gasteiger partial charge in [0, 0.05) is 17.1 Å². The fourth-order valence-corrected chi connectivity index (χ4v) is 3.53. The summed E-state index contributed by atoms with van der Waals surface area (Å²) in [6.45, 7) is 2.06.